The molecule has 0 saturated carbocycles. The van der Waals surface area contributed by atoms with Crippen molar-refractivity contribution in [2.24, 2.45) is 0 Å². The van der Waals surface area contributed by atoms with Crippen LogP contribution >= 0.6 is 11.3 Å². The summed E-state index contributed by atoms with van der Waals surface area (Å²) in [6.07, 6.45) is 7.83. The van der Waals surface area contributed by atoms with Crippen LogP contribution in [0.5, 0.6) is 0 Å². The first-order valence-corrected chi connectivity index (χ1v) is 11.7. The molecule has 0 spiro atoms. The van der Waals surface area contributed by atoms with Gasteiger partial charge in [-0.2, -0.15) is 5.10 Å². The minimum Gasteiger partial charge on any atom is -0.336 e. The molecule has 1 fully saturated rings. The zero-order valence-electron chi connectivity index (χ0n) is 17.5. The SMILES string of the molecule is Cc1ccc(=O)n(CCN2CCCCC2CNC(=O)Nc2nc3c(s2)CCCC3)n1. The topological polar surface area (TPSA) is 92.2 Å². The highest BCUT2D eigenvalue weighted by atomic mass is 32.1. The van der Waals surface area contributed by atoms with Gasteiger partial charge in [0.15, 0.2) is 5.13 Å². The second kappa shape index (κ2) is 9.70. The minimum absolute atomic E-state index is 0.0715. The van der Waals surface area contributed by atoms with Crippen LogP contribution in [0.25, 0.3) is 0 Å². The zero-order chi connectivity index (χ0) is 20.9. The molecule has 1 aliphatic heterocycles. The molecule has 1 atom stereocenters. The number of nitrogens with one attached hydrogen (secondary N) is 2. The van der Waals surface area contributed by atoms with Crippen molar-refractivity contribution in [2.45, 2.75) is 64.5 Å². The van der Waals surface area contributed by atoms with Crippen molar-refractivity contribution in [3.8, 4) is 0 Å². The zero-order valence-corrected chi connectivity index (χ0v) is 18.3. The number of nitrogens with zero attached hydrogens (tertiary/aromatic N) is 4. The van der Waals surface area contributed by atoms with E-state index in [-0.39, 0.29) is 17.6 Å². The van der Waals surface area contributed by atoms with Crippen molar-refractivity contribution in [1.82, 2.24) is 25.0 Å². The van der Waals surface area contributed by atoms with Crippen molar-refractivity contribution in [2.75, 3.05) is 25.0 Å². The Hall–Kier alpha value is -2.26. The fraction of sp³-hybridized carbons (Fsp3) is 0.619. The Morgan fingerprint density at radius 3 is 2.93 bits per heavy atom. The number of urea groups is 1. The van der Waals surface area contributed by atoms with Crippen LogP contribution in [0.1, 0.15) is 48.4 Å². The molecule has 2 aliphatic rings. The van der Waals surface area contributed by atoms with E-state index in [0.29, 0.717) is 18.2 Å². The van der Waals surface area contributed by atoms with Gasteiger partial charge in [-0.05, 0) is 58.1 Å². The molecule has 0 aromatic carbocycles. The lowest BCUT2D eigenvalue weighted by Crippen LogP contribution is -2.48. The molecule has 1 saturated heterocycles. The molecule has 2 amide bonds. The molecule has 162 valence electrons. The average molecular weight is 431 g/mol. The molecular formula is C21H30N6O2S. The molecule has 9 heteroatoms. The number of carbonyl (C=O) groups is 1. The largest absolute Gasteiger partial charge is 0.336 e. The molecule has 30 heavy (non-hydrogen) atoms. The van der Waals surface area contributed by atoms with E-state index in [4.69, 9.17) is 0 Å². The summed E-state index contributed by atoms with van der Waals surface area (Å²) in [7, 11) is 0. The maximum atomic E-state index is 12.4. The standard InChI is InChI=1S/C21H30N6O2S/c1-15-9-10-19(28)27(25-15)13-12-26-11-5-4-6-16(26)14-22-20(29)24-21-23-17-7-2-3-8-18(17)30-21/h9-10,16H,2-8,11-14H2,1H3,(H2,22,23,24,29). The summed E-state index contributed by atoms with van der Waals surface area (Å²) in [5.74, 6) is 0. The molecule has 8 nitrogen and oxygen atoms in total. The fourth-order valence-electron chi connectivity index (χ4n) is 4.28. The van der Waals surface area contributed by atoms with Crippen molar-refractivity contribution < 1.29 is 4.79 Å². The lowest BCUT2D eigenvalue weighted by molar-refractivity contribution is 0.139. The summed E-state index contributed by atoms with van der Waals surface area (Å²) < 4.78 is 1.53. The number of thiazole rings is 1. The van der Waals surface area contributed by atoms with E-state index in [1.165, 1.54) is 22.4 Å². The highest BCUT2D eigenvalue weighted by Crippen LogP contribution is 2.29. The van der Waals surface area contributed by atoms with Gasteiger partial charge in [-0.15, -0.1) is 11.3 Å². The van der Waals surface area contributed by atoms with Crippen LogP contribution in [-0.2, 0) is 19.4 Å². The third-order valence-corrected chi connectivity index (χ3v) is 6.99. The summed E-state index contributed by atoms with van der Waals surface area (Å²) in [5, 5.41) is 11.0. The van der Waals surface area contributed by atoms with E-state index in [2.05, 4.69) is 25.6 Å². The van der Waals surface area contributed by atoms with Gasteiger partial charge in [-0.25, -0.2) is 14.5 Å². The van der Waals surface area contributed by atoms with Crippen molar-refractivity contribution in [3.63, 3.8) is 0 Å². The van der Waals surface area contributed by atoms with E-state index >= 15 is 0 Å². The van der Waals surface area contributed by atoms with Crippen molar-refractivity contribution in [3.05, 3.63) is 38.8 Å². The summed E-state index contributed by atoms with van der Waals surface area (Å²) in [6, 6.07) is 3.39. The van der Waals surface area contributed by atoms with Gasteiger partial charge in [0.2, 0.25) is 0 Å². The van der Waals surface area contributed by atoms with Crippen LogP contribution in [0.4, 0.5) is 9.93 Å². The van der Waals surface area contributed by atoms with Crippen molar-refractivity contribution >= 4 is 22.5 Å². The number of rotatable bonds is 6. The quantitative estimate of drug-likeness (QED) is 0.735. The van der Waals surface area contributed by atoms with Crippen LogP contribution in [0, 0.1) is 6.92 Å². The second-order valence-corrected chi connectivity index (χ2v) is 9.24. The van der Waals surface area contributed by atoms with Gasteiger partial charge in [-0.1, -0.05) is 6.42 Å². The predicted molar refractivity (Wildman–Crippen MR) is 118 cm³/mol. The number of carbonyl (C=O) groups excluding carboxylic acids is 1. The average Bonchev–Trinajstić information content (AvgIpc) is 3.15. The monoisotopic (exact) mass is 430 g/mol. The Labute approximate surface area is 180 Å². The normalized spacial score (nSPS) is 19.3. The Morgan fingerprint density at radius 1 is 1.20 bits per heavy atom. The molecule has 2 N–H and O–H groups in total. The van der Waals surface area contributed by atoms with E-state index < -0.39 is 0 Å². The Bertz CT molecular complexity index is 916. The Morgan fingerprint density at radius 2 is 2.07 bits per heavy atom. The van der Waals surface area contributed by atoms with E-state index in [9.17, 15) is 9.59 Å². The van der Waals surface area contributed by atoms with Crippen LogP contribution in [-0.4, -0.2) is 51.4 Å². The molecule has 4 rings (SSSR count). The number of aromatic nitrogens is 3. The first kappa shape index (κ1) is 21.0. The molecule has 3 heterocycles. The molecule has 1 aliphatic carbocycles. The van der Waals surface area contributed by atoms with Gasteiger partial charge in [0.1, 0.15) is 0 Å². The number of fused-ring (bicyclic) bond motifs is 1. The summed E-state index contributed by atoms with van der Waals surface area (Å²) >= 11 is 1.60. The molecule has 1 unspecified atom stereocenters. The third kappa shape index (κ3) is 5.26. The second-order valence-electron chi connectivity index (χ2n) is 8.15. The van der Waals surface area contributed by atoms with Crippen LogP contribution in [0.15, 0.2) is 16.9 Å². The summed E-state index contributed by atoms with van der Waals surface area (Å²) in [4.78, 5) is 32.7. The molecule has 0 bridgehead atoms. The maximum Gasteiger partial charge on any atom is 0.321 e. The third-order valence-electron chi connectivity index (χ3n) is 5.91. The van der Waals surface area contributed by atoms with Crippen LogP contribution in [0.2, 0.25) is 0 Å². The number of likely N-dealkylation sites (tertiary alicyclic amines) is 1. The number of aryl methyl sites for hydroxylation is 3. The van der Waals surface area contributed by atoms with Gasteiger partial charge in [-0.3, -0.25) is 15.0 Å². The maximum absolute atomic E-state index is 12.4. The molecule has 2 aromatic rings. The number of hydrogen-bond acceptors (Lipinski definition) is 6. The van der Waals surface area contributed by atoms with E-state index in [1.807, 2.05) is 6.92 Å². The molecule has 2 aromatic heterocycles. The predicted octanol–water partition coefficient (Wildman–Crippen LogP) is 2.56. The van der Waals surface area contributed by atoms with Gasteiger partial charge in [0, 0.05) is 30.1 Å². The van der Waals surface area contributed by atoms with Crippen molar-refractivity contribution in [1.29, 1.82) is 0 Å². The number of amides is 2. The smallest absolute Gasteiger partial charge is 0.321 e. The van der Waals surface area contributed by atoms with Gasteiger partial charge < -0.3 is 5.32 Å². The van der Waals surface area contributed by atoms with Crippen LogP contribution < -0.4 is 16.2 Å². The minimum atomic E-state index is -0.191. The lowest BCUT2D eigenvalue weighted by Gasteiger charge is -2.35. The molecule has 0 radical (unpaired) electrons. The number of piperidine rings is 1. The van der Waals surface area contributed by atoms with Gasteiger partial charge in [0.25, 0.3) is 5.56 Å². The van der Waals surface area contributed by atoms with Gasteiger partial charge >= 0.3 is 6.03 Å². The van der Waals surface area contributed by atoms with Gasteiger partial charge in [0.05, 0.1) is 17.9 Å². The first-order valence-electron chi connectivity index (χ1n) is 10.9. The number of anilines is 1. The summed E-state index contributed by atoms with van der Waals surface area (Å²) in [6.45, 7) is 4.78. The Balaban J connectivity index is 1.28. The summed E-state index contributed by atoms with van der Waals surface area (Å²) in [5.41, 5.74) is 1.92. The van der Waals surface area contributed by atoms with E-state index in [0.717, 1.165) is 56.6 Å². The number of hydrogen-bond donors (Lipinski definition) is 2. The fourth-order valence-corrected chi connectivity index (χ4v) is 5.32. The Kier molecular flexibility index (Phi) is 6.79. The highest BCUT2D eigenvalue weighted by molar-refractivity contribution is 7.15. The molecular weight excluding hydrogens is 400 g/mol. The first-order chi connectivity index (χ1) is 14.6. The lowest BCUT2D eigenvalue weighted by atomic mass is 10.0. The van der Waals surface area contributed by atoms with Crippen LogP contribution in [0.3, 0.4) is 0 Å². The van der Waals surface area contributed by atoms with E-state index in [1.54, 1.807) is 23.5 Å². The highest BCUT2D eigenvalue weighted by Gasteiger charge is 2.23.